The molecule has 9 heavy (non-hydrogen) atoms. The second-order valence-corrected chi connectivity index (χ2v) is 1.32. The van der Waals surface area contributed by atoms with Crippen molar-refractivity contribution in [1.29, 1.82) is 0 Å². The molecule has 0 rings (SSSR count). The monoisotopic (exact) mass is 149 g/mol. The molecular formula is C6H12ClNO. The predicted octanol–water partition coefficient (Wildman–Crippen LogP) is 1.08. The van der Waals surface area contributed by atoms with Crippen LogP contribution in [0.25, 0.3) is 0 Å². The second kappa shape index (κ2) is 7.69. The largest absolute Gasteiger partial charge is 0.356 e. The van der Waals surface area contributed by atoms with Gasteiger partial charge in [-0.2, -0.15) is 0 Å². The van der Waals surface area contributed by atoms with Gasteiger partial charge in [-0.05, 0) is 6.08 Å². The van der Waals surface area contributed by atoms with Crippen molar-refractivity contribution < 1.29 is 4.74 Å². The van der Waals surface area contributed by atoms with E-state index in [1.807, 2.05) is 0 Å². The molecule has 2 nitrogen and oxygen atoms in total. The van der Waals surface area contributed by atoms with Crippen LogP contribution in [0.2, 0.25) is 0 Å². The minimum Gasteiger partial charge on any atom is -0.356 e. The summed E-state index contributed by atoms with van der Waals surface area (Å²) in [6.45, 7) is 7.36. The Morgan fingerprint density at radius 1 is 1.56 bits per heavy atom. The van der Waals surface area contributed by atoms with Gasteiger partial charge >= 0.3 is 0 Å². The Morgan fingerprint density at radius 3 is 2.44 bits per heavy atom. The normalized spacial score (nSPS) is 11.2. The molecule has 0 aliphatic heterocycles. The van der Waals surface area contributed by atoms with Crippen molar-refractivity contribution in [2.75, 3.05) is 6.61 Å². The third-order valence-corrected chi connectivity index (χ3v) is 0.639. The molecule has 0 heterocycles. The summed E-state index contributed by atoms with van der Waals surface area (Å²) in [5.74, 6) is 0. The van der Waals surface area contributed by atoms with Crippen molar-refractivity contribution >= 4 is 12.4 Å². The quantitative estimate of drug-likeness (QED) is 0.480. The lowest BCUT2D eigenvalue weighted by atomic mass is 10.6. The van der Waals surface area contributed by atoms with Gasteiger partial charge in [-0.15, -0.1) is 19.0 Å². The van der Waals surface area contributed by atoms with Crippen molar-refractivity contribution in [2.24, 2.45) is 5.73 Å². The Hall–Kier alpha value is -0.310. The highest BCUT2D eigenvalue weighted by atomic mass is 35.5. The molecule has 0 spiro atoms. The average molecular weight is 150 g/mol. The summed E-state index contributed by atoms with van der Waals surface area (Å²) in [6.07, 6.45) is 2.82. The van der Waals surface area contributed by atoms with Gasteiger partial charge in [0.1, 0.15) is 6.23 Å². The molecule has 54 valence electrons. The van der Waals surface area contributed by atoms with Crippen molar-refractivity contribution in [1.82, 2.24) is 0 Å². The third kappa shape index (κ3) is 7.69. The van der Waals surface area contributed by atoms with Crippen LogP contribution < -0.4 is 5.73 Å². The van der Waals surface area contributed by atoms with Crippen LogP contribution in [0.3, 0.4) is 0 Å². The van der Waals surface area contributed by atoms with E-state index >= 15 is 0 Å². The summed E-state index contributed by atoms with van der Waals surface area (Å²) in [5, 5.41) is 0. The van der Waals surface area contributed by atoms with E-state index in [-0.39, 0.29) is 18.6 Å². The minimum atomic E-state index is -0.354. The summed E-state index contributed by atoms with van der Waals surface area (Å²) < 4.78 is 4.88. The van der Waals surface area contributed by atoms with Gasteiger partial charge in [-0.3, -0.25) is 0 Å². The molecule has 1 unspecified atom stereocenters. The van der Waals surface area contributed by atoms with Gasteiger partial charge in [0.2, 0.25) is 0 Å². The van der Waals surface area contributed by atoms with Gasteiger partial charge in [0.25, 0.3) is 0 Å². The highest BCUT2D eigenvalue weighted by Gasteiger charge is 1.89. The third-order valence-electron chi connectivity index (χ3n) is 0.639. The molecule has 3 heteroatoms. The first kappa shape index (κ1) is 11.5. The van der Waals surface area contributed by atoms with Gasteiger partial charge in [-0.1, -0.05) is 12.7 Å². The Bertz CT molecular complexity index is 85.1. The van der Waals surface area contributed by atoms with Crippen LogP contribution in [0.5, 0.6) is 0 Å². The van der Waals surface area contributed by atoms with Gasteiger partial charge in [0.15, 0.2) is 0 Å². The van der Waals surface area contributed by atoms with E-state index < -0.39 is 0 Å². The lowest BCUT2D eigenvalue weighted by molar-refractivity contribution is 0.115. The van der Waals surface area contributed by atoms with Crippen LogP contribution in [0.1, 0.15) is 0 Å². The SMILES string of the molecule is C=CCOC(N)C=C.Cl. The van der Waals surface area contributed by atoms with E-state index in [1.54, 1.807) is 6.08 Å². The molecule has 0 aromatic heterocycles. The maximum Gasteiger partial charge on any atom is 0.124 e. The molecule has 0 fully saturated rings. The fourth-order valence-corrected chi connectivity index (χ4v) is 0.247. The number of ether oxygens (including phenoxy) is 1. The molecule has 0 radical (unpaired) electrons. The van der Waals surface area contributed by atoms with Crippen LogP contribution in [0.15, 0.2) is 25.3 Å². The molecule has 0 aliphatic carbocycles. The summed E-state index contributed by atoms with van der Waals surface area (Å²) in [4.78, 5) is 0. The zero-order chi connectivity index (χ0) is 6.41. The molecule has 0 aliphatic rings. The van der Waals surface area contributed by atoms with Gasteiger partial charge < -0.3 is 10.5 Å². The lowest BCUT2D eigenvalue weighted by Crippen LogP contribution is -2.20. The average Bonchev–Trinajstić information content (AvgIpc) is 1.83. The molecular weight excluding hydrogens is 138 g/mol. The van der Waals surface area contributed by atoms with E-state index in [0.29, 0.717) is 6.61 Å². The first-order chi connectivity index (χ1) is 3.81. The molecule has 0 amide bonds. The summed E-state index contributed by atoms with van der Waals surface area (Å²) in [5.41, 5.74) is 5.27. The Kier molecular flexibility index (Phi) is 9.81. The molecule has 1 atom stereocenters. The summed E-state index contributed by atoms with van der Waals surface area (Å²) in [7, 11) is 0. The van der Waals surface area contributed by atoms with Crippen LogP contribution in [-0.2, 0) is 4.74 Å². The molecule has 0 saturated heterocycles. The summed E-state index contributed by atoms with van der Waals surface area (Å²) >= 11 is 0. The van der Waals surface area contributed by atoms with E-state index in [9.17, 15) is 0 Å². The van der Waals surface area contributed by atoms with Crippen LogP contribution in [-0.4, -0.2) is 12.8 Å². The number of halogens is 1. The molecule has 0 aromatic carbocycles. The van der Waals surface area contributed by atoms with Crippen LogP contribution >= 0.6 is 12.4 Å². The fourth-order valence-electron chi connectivity index (χ4n) is 0.247. The molecule has 0 saturated carbocycles. The van der Waals surface area contributed by atoms with E-state index in [1.165, 1.54) is 6.08 Å². The maximum absolute atomic E-state index is 5.27. The van der Waals surface area contributed by atoms with Crippen molar-refractivity contribution in [3.63, 3.8) is 0 Å². The number of hydrogen-bond donors (Lipinski definition) is 1. The number of nitrogens with two attached hydrogens (primary N) is 1. The minimum absolute atomic E-state index is 0. The van der Waals surface area contributed by atoms with E-state index in [2.05, 4.69) is 13.2 Å². The Morgan fingerprint density at radius 2 is 2.11 bits per heavy atom. The van der Waals surface area contributed by atoms with E-state index in [0.717, 1.165) is 0 Å². The Labute approximate surface area is 61.8 Å². The van der Waals surface area contributed by atoms with Crippen molar-refractivity contribution in [3.05, 3.63) is 25.3 Å². The maximum atomic E-state index is 5.27. The second-order valence-electron chi connectivity index (χ2n) is 1.32. The molecule has 0 bridgehead atoms. The smallest absolute Gasteiger partial charge is 0.124 e. The highest BCUT2D eigenvalue weighted by Crippen LogP contribution is 1.81. The van der Waals surface area contributed by atoms with Gasteiger partial charge in [-0.25, -0.2) is 0 Å². The van der Waals surface area contributed by atoms with Gasteiger partial charge in [0, 0.05) is 0 Å². The molecule has 0 aromatic rings. The van der Waals surface area contributed by atoms with Gasteiger partial charge in [0.05, 0.1) is 6.61 Å². The van der Waals surface area contributed by atoms with Crippen molar-refractivity contribution in [2.45, 2.75) is 6.23 Å². The zero-order valence-electron chi connectivity index (χ0n) is 5.25. The van der Waals surface area contributed by atoms with Crippen molar-refractivity contribution in [3.8, 4) is 0 Å². The Balaban J connectivity index is 0. The van der Waals surface area contributed by atoms with Crippen LogP contribution in [0, 0.1) is 0 Å². The number of hydrogen-bond acceptors (Lipinski definition) is 2. The standard InChI is InChI=1S/C6H11NO.ClH/c1-3-5-8-6(7)4-2;/h3-4,6H,1-2,5,7H2;1H. The predicted molar refractivity (Wildman–Crippen MR) is 41.6 cm³/mol. The first-order valence-electron chi connectivity index (χ1n) is 2.42. The fraction of sp³-hybridized carbons (Fsp3) is 0.333. The molecule has 2 N–H and O–H groups in total. The summed E-state index contributed by atoms with van der Waals surface area (Å²) in [6, 6.07) is 0. The topological polar surface area (TPSA) is 35.2 Å². The lowest BCUT2D eigenvalue weighted by Gasteiger charge is -2.03. The zero-order valence-corrected chi connectivity index (χ0v) is 6.06. The number of rotatable bonds is 4. The van der Waals surface area contributed by atoms with Crippen LogP contribution in [0.4, 0.5) is 0 Å². The first-order valence-corrected chi connectivity index (χ1v) is 2.42. The van der Waals surface area contributed by atoms with E-state index in [4.69, 9.17) is 10.5 Å². The highest BCUT2D eigenvalue weighted by molar-refractivity contribution is 5.85.